The second kappa shape index (κ2) is 26.1. The van der Waals surface area contributed by atoms with Crippen LogP contribution in [0.1, 0.15) is 74.1 Å². The molecule has 0 aliphatic rings. The van der Waals surface area contributed by atoms with Gasteiger partial charge in [0.05, 0.1) is 26.3 Å². The Morgan fingerprint density at radius 1 is 0.571 bits per heavy atom. The maximum Gasteiger partial charge on any atom is 0.332 e. The number of hydrogen-bond donors (Lipinski definition) is 2. The standard InChI is InChI=1S/C33H57N3O13/c1-24(2)31(42)34-12-8-16-46-27(38)20-44-22-29(40)48-18-14-36(26(37)10-11-33(5,6)7)15-19-49-30(41)23-45-21-28(39)47-17-9-13-35-32(43)25(3)4/h24-25H,8-23H2,1-7H3,(H,34,42)(H,35,43). The van der Waals surface area contributed by atoms with Crippen LogP contribution < -0.4 is 10.6 Å². The van der Waals surface area contributed by atoms with Gasteiger partial charge in [-0.1, -0.05) is 48.5 Å². The van der Waals surface area contributed by atoms with Gasteiger partial charge in [0.2, 0.25) is 17.7 Å². The fraction of sp³-hybridized carbons (Fsp3) is 0.788. The molecule has 0 fully saturated rings. The zero-order chi connectivity index (χ0) is 37.2. The lowest BCUT2D eigenvalue weighted by Gasteiger charge is -2.25. The number of carbonyl (C=O) groups is 7. The number of carbonyl (C=O) groups excluding carboxylic acids is 7. The first-order chi connectivity index (χ1) is 23.0. The highest BCUT2D eigenvalue weighted by Gasteiger charge is 2.19. The number of nitrogens with one attached hydrogen (secondary N) is 2. The zero-order valence-electron chi connectivity index (χ0n) is 30.2. The summed E-state index contributed by atoms with van der Waals surface area (Å²) in [4.78, 5) is 84.9. The molecule has 2 N–H and O–H groups in total. The molecule has 0 saturated heterocycles. The molecule has 0 spiro atoms. The van der Waals surface area contributed by atoms with E-state index in [1.165, 1.54) is 4.90 Å². The van der Waals surface area contributed by atoms with Gasteiger partial charge in [0, 0.05) is 31.3 Å². The van der Waals surface area contributed by atoms with Gasteiger partial charge in [-0.05, 0) is 24.7 Å². The Bertz CT molecular complexity index is 975. The Hall–Kier alpha value is -3.79. The summed E-state index contributed by atoms with van der Waals surface area (Å²) in [5.41, 5.74) is -0.0926. The average Bonchev–Trinajstić information content (AvgIpc) is 3.01. The monoisotopic (exact) mass is 703 g/mol. The van der Waals surface area contributed by atoms with Crippen LogP contribution in [-0.4, -0.2) is 126 Å². The number of hydrogen-bond acceptors (Lipinski definition) is 13. The van der Waals surface area contributed by atoms with Crippen LogP contribution in [0.25, 0.3) is 0 Å². The second-order valence-electron chi connectivity index (χ2n) is 12.9. The van der Waals surface area contributed by atoms with Crippen LogP contribution in [0.4, 0.5) is 0 Å². The number of esters is 4. The Labute approximate surface area is 289 Å². The molecule has 49 heavy (non-hydrogen) atoms. The topological polar surface area (TPSA) is 202 Å². The average molecular weight is 704 g/mol. The van der Waals surface area contributed by atoms with E-state index in [9.17, 15) is 33.6 Å². The van der Waals surface area contributed by atoms with E-state index in [1.807, 2.05) is 20.8 Å². The second-order valence-corrected chi connectivity index (χ2v) is 12.9. The quantitative estimate of drug-likeness (QED) is 0.0739. The number of nitrogens with zero attached hydrogens (tertiary/aromatic N) is 1. The third kappa shape index (κ3) is 26.8. The summed E-state index contributed by atoms with van der Waals surface area (Å²) in [5.74, 6) is -3.49. The maximum absolute atomic E-state index is 12.9. The summed E-state index contributed by atoms with van der Waals surface area (Å²) < 4.78 is 30.3. The molecule has 0 aliphatic carbocycles. The smallest absolute Gasteiger partial charge is 0.332 e. The first-order valence-corrected chi connectivity index (χ1v) is 16.6. The van der Waals surface area contributed by atoms with Gasteiger partial charge in [-0.3, -0.25) is 14.4 Å². The predicted octanol–water partition coefficient (Wildman–Crippen LogP) is 1.17. The van der Waals surface area contributed by atoms with Crippen molar-refractivity contribution in [2.45, 2.75) is 74.1 Å². The Kier molecular flexibility index (Phi) is 24.1. The third-order valence-electron chi connectivity index (χ3n) is 6.39. The molecule has 0 rings (SSSR count). The molecule has 0 aliphatic heterocycles. The van der Waals surface area contributed by atoms with Crippen molar-refractivity contribution in [3.05, 3.63) is 0 Å². The molecule has 282 valence electrons. The minimum absolute atomic E-state index is 0.0329. The molecular weight excluding hydrogens is 646 g/mol. The molecule has 0 aromatic carbocycles. The van der Waals surface area contributed by atoms with Gasteiger partial charge in [-0.25, -0.2) is 19.2 Å². The highest BCUT2D eigenvalue weighted by atomic mass is 16.6. The molecule has 0 bridgehead atoms. The van der Waals surface area contributed by atoms with E-state index in [2.05, 4.69) is 10.6 Å². The molecule has 16 heteroatoms. The summed E-state index contributed by atoms with van der Waals surface area (Å²) in [5, 5.41) is 5.41. The lowest BCUT2D eigenvalue weighted by molar-refractivity contribution is -0.156. The van der Waals surface area contributed by atoms with E-state index < -0.39 is 50.3 Å². The highest BCUT2D eigenvalue weighted by molar-refractivity contribution is 5.78. The molecule has 0 aromatic heterocycles. The van der Waals surface area contributed by atoms with Crippen LogP contribution in [0.15, 0.2) is 0 Å². The van der Waals surface area contributed by atoms with E-state index in [4.69, 9.17) is 28.4 Å². The van der Waals surface area contributed by atoms with Gasteiger partial charge in [-0.15, -0.1) is 0 Å². The van der Waals surface area contributed by atoms with Crippen LogP contribution in [0.2, 0.25) is 0 Å². The first kappa shape index (κ1) is 45.2. The Balaban J connectivity index is 4.39. The lowest BCUT2D eigenvalue weighted by Crippen LogP contribution is -2.38. The normalized spacial score (nSPS) is 11.1. The van der Waals surface area contributed by atoms with Crippen LogP contribution in [0.3, 0.4) is 0 Å². The summed E-state index contributed by atoms with van der Waals surface area (Å²) in [6.07, 6.45) is 1.71. The molecule has 0 aromatic rings. The summed E-state index contributed by atoms with van der Waals surface area (Å²) in [6, 6.07) is 0. The van der Waals surface area contributed by atoms with Crippen LogP contribution >= 0.6 is 0 Å². The number of ether oxygens (including phenoxy) is 6. The molecule has 0 heterocycles. The van der Waals surface area contributed by atoms with Crippen molar-refractivity contribution < 1.29 is 62.0 Å². The molecule has 3 amide bonds. The van der Waals surface area contributed by atoms with E-state index in [0.29, 0.717) is 32.4 Å². The molecule has 0 atom stereocenters. The van der Waals surface area contributed by atoms with Crippen molar-refractivity contribution in [1.82, 2.24) is 15.5 Å². The van der Waals surface area contributed by atoms with Crippen LogP contribution in [-0.2, 0) is 62.0 Å². The minimum atomic E-state index is -0.744. The van der Waals surface area contributed by atoms with Gasteiger partial charge in [0.25, 0.3) is 0 Å². The zero-order valence-corrected chi connectivity index (χ0v) is 30.2. The summed E-state index contributed by atoms with van der Waals surface area (Å²) >= 11 is 0. The molecule has 0 unspecified atom stereocenters. The fourth-order valence-electron chi connectivity index (χ4n) is 3.49. The van der Waals surface area contributed by atoms with Crippen molar-refractivity contribution >= 4 is 41.6 Å². The SMILES string of the molecule is CC(C)C(=O)NCCCOC(=O)COCC(=O)OCCN(CCOC(=O)COCC(=O)OCCCNC(=O)C(C)C)C(=O)CCC(C)(C)C. The van der Waals surface area contributed by atoms with Gasteiger partial charge in [-0.2, -0.15) is 0 Å². The van der Waals surface area contributed by atoms with Gasteiger partial charge >= 0.3 is 23.9 Å². The van der Waals surface area contributed by atoms with Crippen molar-refractivity contribution in [2.24, 2.45) is 17.3 Å². The molecule has 0 radical (unpaired) electrons. The van der Waals surface area contributed by atoms with Crippen molar-refractivity contribution in [1.29, 1.82) is 0 Å². The van der Waals surface area contributed by atoms with Crippen molar-refractivity contribution in [3.63, 3.8) is 0 Å². The third-order valence-corrected chi connectivity index (χ3v) is 6.39. The van der Waals surface area contributed by atoms with Crippen molar-refractivity contribution in [3.8, 4) is 0 Å². The predicted molar refractivity (Wildman–Crippen MR) is 176 cm³/mol. The number of amides is 3. The Morgan fingerprint density at radius 2 is 0.918 bits per heavy atom. The minimum Gasteiger partial charge on any atom is -0.464 e. The van der Waals surface area contributed by atoms with Crippen LogP contribution in [0.5, 0.6) is 0 Å². The summed E-state index contributed by atoms with van der Waals surface area (Å²) in [6.45, 7) is 11.8. The van der Waals surface area contributed by atoms with E-state index >= 15 is 0 Å². The van der Waals surface area contributed by atoms with Gasteiger partial charge in [0.1, 0.15) is 39.6 Å². The largest absolute Gasteiger partial charge is 0.464 e. The maximum atomic E-state index is 12.9. The van der Waals surface area contributed by atoms with E-state index in [0.717, 1.165) is 0 Å². The lowest BCUT2D eigenvalue weighted by atomic mass is 9.90. The van der Waals surface area contributed by atoms with Gasteiger partial charge in [0.15, 0.2) is 0 Å². The molecule has 16 nitrogen and oxygen atoms in total. The van der Waals surface area contributed by atoms with Crippen LogP contribution in [0, 0.1) is 17.3 Å². The number of rotatable bonds is 26. The molecular formula is C33H57N3O13. The van der Waals surface area contributed by atoms with E-state index in [-0.39, 0.29) is 80.9 Å². The van der Waals surface area contributed by atoms with E-state index in [1.54, 1.807) is 27.7 Å². The summed E-state index contributed by atoms with van der Waals surface area (Å²) in [7, 11) is 0. The highest BCUT2D eigenvalue weighted by Crippen LogP contribution is 2.21. The Morgan fingerprint density at radius 3 is 1.24 bits per heavy atom. The van der Waals surface area contributed by atoms with Gasteiger partial charge < -0.3 is 44.0 Å². The fourth-order valence-corrected chi connectivity index (χ4v) is 3.49. The molecule has 0 saturated carbocycles. The van der Waals surface area contributed by atoms with Crippen molar-refractivity contribution in [2.75, 3.05) is 79.0 Å². The first-order valence-electron chi connectivity index (χ1n) is 16.6.